The number of nitrogens with zero attached hydrogens (tertiary/aromatic N) is 1. The zero-order valence-electron chi connectivity index (χ0n) is 11.6. The van der Waals surface area contributed by atoms with Gasteiger partial charge in [-0.3, -0.25) is 0 Å². The maximum Gasteiger partial charge on any atom is 0.223 e. The molecule has 2 aromatic carbocycles. The van der Waals surface area contributed by atoms with Gasteiger partial charge < -0.3 is 0 Å². The molecule has 1 heterocycles. The van der Waals surface area contributed by atoms with Crippen molar-refractivity contribution in [2.75, 3.05) is 0 Å². The molecule has 3 rings (SSSR count). The molecule has 21 heavy (non-hydrogen) atoms. The average molecular weight is 274 g/mol. The van der Waals surface area contributed by atoms with Crippen LogP contribution in [0.2, 0.25) is 0 Å². The molecule has 0 saturated heterocycles. The summed E-state index contributed by atoms with van der Waals surface area (Å²) in [6.45, 7) is 0. The molecule has 1 aromatic heterocycles. The minimum Gasteiger partial charge on any atom is -0.231 e. The Kier molecular flexibility index (Phi) is 4.08. The second kappa shape index (κ2) is 6.53. The monoisotopic (exact) mass is 274 g/mol. The Morgan fingerprint density at radius 3 is 1.95 bits per heavy atom. The molecule has 0 fully saturated rings. The van der Waals surface area contributed by atoms with Crippen molar-refractivity contribution >= 4 is 11.8 Å². The Morgan fingerprint density at radius 2 is 1.29 bits per heavy atom. The van der Waals surface area contributed by atoms with Crippen LogP contribution < -0.4 is 9.57 Å². The van der Waals surface area contributed by atoms with Gasteiger partial charge in [0, 0.05) is 22.4 Å². The van der Waals surface area contributed by atoms with E-state index in [1.165, 1.54) is 0 Å². The van der Waals surface area contributed by atoms with Crippen molar-refractivity contribution < 1.29 is 9.57 Å². The Labute approximate surface area is 124 Å². The predicted molar refractivity (Wildman–Crippen MR) is 84.0 cm³/mol. The first kappa shape index (κ1) is 13.1. The summed E-state index contributed by atoms with van der Waals surface area (Å²) in [6, 6.07) is 26.1. The quantitative estimate of drug-likeness (QED) is 0.402. The van der Waals surface area contributed by atoms with E-state index in [2.05, 4.69) is 12.1 Å². The minimum atomic E-state index is 0.804. The third-order valence-electron chi connectivity index (χ3n) is 3.05. The molecule has 2 nitrogen and oxygen atoms in total. The Bertz CT molecular complexity index is 706. The molecule has 0 saturated carbocycles. The van der Waals surface area contributed by atoms with E-state index in [1.54, 1.807) is 4.73 Å². The van der Waals surface area contributed by atoms with E-state index in [-0.39, 0.29) is 0 Å². The molecule has 0 radical (unpaired) electrons. The predicted octanol–water partition coefficient (Wildman–Crippen LogP) is 3.60. The molecule has 0 aliphatic rings. The summed E-state index contributed by atoms with van der Waals surface area (Å²) in [4.78, 5) is 5.98. The highest BCUT2D eigenvalue weighted by molar-refractivity contribution is 5.77. The molecule has 0 bridgehead atoms. The highest BCUT2D eigenvalue weighted by atomic mass is 16.7. The van der Waals surface area contributed by atoms with Crippen LogP contribution in [0.1, 0.15) is 11.1 Å². The van der Waals surface area contributed by atoms with E-state index in [1.807, 2.05) is 85.2 Å². The van der Waals surface area contributed by atoms with Crippen molar-refractivity contribution in [2.24, 2.45) is 0 Å². The lowest BCUT2D eigenvalue weighted by Gasteiger charge is -2.04. The van der Waals surface area contributed by atoms with Gasteiger partial charge in [-0.1, -0.05) is 66.7 Å². The van der Waals surface area contributed by atoms with Crippen molar-refractivity contribution in [3.05, 3.63) is 102 Å². The van der Waals surface area contributed by atoms with Crippen molar-refractivity contribution in [3.8, 4) is 0 Å². The van der Waals surface area contributed by atoms with E-state index >= 15 is 0 Å². The molecule has 0 atom stereocenters. The van der Waals surface area contributed by atoms with Crippen molar-refractivity contribution in [1.29, 1.82) is 0 Å². The van der Waals surface area contributed by atoms with Crippen LogP contribution in [-0.2, 0) is 0 Å². The molecule has 3 aromatic rings. The van der Waals surface area contributed by atoms with Gasteiger partial charge in [-0.25, -0.2) is 4.84 Å². The molecular weight excluding hydrogens is 258 g/mol. The highest BCUT2D eigenvalue weighted by Crippen LogP contribution is 2.16. The van der Waals surface area contributed by atoms with Gasteiger partial charge in [-0.2, -0.15) is 0 Å². The molecule has 0 unspecified atom stereocenters. The highest BCUT2D eigenvalue weighted by Gasteiger charge is 2.09. The third kappa shape index (κ3) is 3.57. The lowest BCUT2D eigenvalue weighted by molar-refractivity contribution is -0.870. The van der Waals surface area contributed by atoms with Crippen LogP contribution in [-0.4, -0.2) is 0 Å². The second-order valence-electron chi connectivity index (χ2n) is 4.61. The van der Waals surface area contributed by atoms with Crippen molar-refractivity contribution in [3.63, 3.8) is 0 Å². The van der Waals surface area contributed by atoms with E-state index in [4.69, 9.17) is 4.84 Å². The number of hydrogen-bond donors (Lipinski definition) is 0. The summed E-state index contributed by atoms with van der Waals surface area (Å²) >= 11 is 0. The van der Waals surface area contributed by atoms with Crippen molar-refractivity contribution in [1.82, 2.24) is 0 Å². The fourth-order valence-corrected chi connectivity index (χ4v) is 2.02. The molecular formula is C19H16NO+. The number of pyridine rings is 1. The molecule has 0 N–H and O–H groups in total. The van der Waals surface area contributed by atoms with Crippen LogP contribution >= 0.6 is 0 Å². The zero-order valence-corrected chi connectivity index (χ0v) is 11.6. The normalized spacial score (nSPS) is 11.1. The molecule has 0 aliphatic heterocycles. The average Bonchev–Trinajstić information content (AvgIpc) is 2.57. The van der Waals surface area contributed by atoms with E-state index in [9.17, 15) is 0 Å². The SMILES string of the molecule is C(=C(O[n+]1ccccc1)c1ccccc1)c1ccccc1. The summed E-state index contributed by atoms with van der Waals surface area (Å²) in [5.41, 5.74) is 2.14. The Hall–Kier alpha value is -2.87. The van der Waals surface area contributed by atoms with Gasteiger partial charge in [0.1, 0.15) is 0 Å². The maximum absolute atomic E-state index is 5.98. The molecule has 2 heteroatoms. The Morgan fingerprint density at radius 1 is 0.714 bits per heavy atom. The summed E-state index contributed by atoms with van der Waals surface area (Å²) < 4.78 is 1.70. The first-order chi connectivity index (χ1) is 10.4. The lowest BCUT2D eigenvalue weighted by Crippen LogP contribution is -2.40. The smallest absolute Gasteiger partial charge is 0.223 e. The maximum atomic E-state index is 5.98. The molecule has 0 amide bonds. The van der Waals surface area contributed by atoms with Gasteiger partial charge in [0.05, 0.1) is 0 Å². The number of aromatic nitrogens is 1. The number of rotatable bonds is 4. The van der Waals surface area contributed by atoms with Gasteiger partial charge in [-0.05, 0) is 11.6 Å². The van der Waals surface area contributed by atoms with Gasteiger partial charge in [-0.15, -0.1) is 0 Å². The van der Waals surface area contributed by atoms with Gasteiger partial charge in [0.25, 0.3) is 0 Å². The van der Waals surface area contributed by atoms with Crippen LogP contribution in [0.15, 0.2) is 91.3 Å². The first-order valence-corrected chi connectivity index (χ1v) is 6.89. The van der Waals surface area contributed by atoms with Gasteiger partial charge >= 0.3 is 0 Å². The molecule has 0 spiro atoms. The van der Waals surface area contributed by atoms with E-state index < -0.39 is 0 Å². The summed E-state index contributed by atoms with van der Waals surface area (Å²) in [5.74, 6) is 0.804. The van der Waals surface area contributed by atoms with Gasteiger partial charge in [0.15, 0.2) is 0 Å². The third-order valence-corrected chi connectivity index (χ3v) is 3.05. The fourth-order valence-electron chi connectivity index (χ4n) is 2.02. The van der Waals surface area contributed by atoms with E-state index in [0.29, 0.717) is 0 Å². The largest absolute Gasteiger partial charge is 0.231 e. The molecule has 0 aliphatic carbocycles. The van der Waals surface area contributed by atoms with Gasteiger partial charge in [0.2, 0.25) is 18.2 Å². The first-order valence-electron chi connectivity index (χ1n) is 6.89. The summed E-state index contributed by atoms with van der Waals surface area (Å²) in [6.07, 6.45) is 5.79. The van der Waals surface area contributed by atoms with Crippen LogP contribution in [0.4, 0.5) is 0 Å². The van der Waals surface area contributed by atoms with Crippen molar-refractivity contribution in [2.45, 2.75) is 0 Å². The standard InChI is InChI=1S/C19H16NO/c1-4-10-17(11-5-1)16-19(18-12-6-2-7-13-18)21-20-14-8-3-9-15-20/h1-16H/q+1. The van der Waals surface area contributed by atoms with Crippen LogP contribution in [0, 0.1) is 0 Å². The van der Waals surface area contributed by atoms with E-state index in [0.717, 1.165) is 16.9 Å². The van der Waals surface area contributed by atoms with Crippen LogP contribution in [0.25, 0.3) is 11.8 Å². The minimum absolute atomic E-state index is 0.804. The summed E-state index contributed by atoms with van der Waals surface area (Å²) in [5, 5.41) is 0. The topological polar surface area (TPSA) is 13.1 Å². The lowest BCUT2D eigenvalue weighted by atomic mass is 10.1. The number of hydrogen-bond acceptors (Lipinski definition) is 1. The Balaban J connectivity index is 1.97. The van der Waals surface area contributed by atoms with Crippen LogP contribution in [0.5, 0.6) is 0 Å². The molecule has 102 valence electrons. The second-order valence-corrected chi connectivity index (χ2v) is 4.61. The van der Waals surface area contributed by atoms with Crippen LogP contribution in [0.3, 0.4) is 0 Å². The number of benzene rings is 2. The zero-order chi connectivity index (χ0) is 14.3. The summed E-state index contributed by atoms with van der Waals surface area (Å²) in [7, 11) is 0. The fraction of sp³-hybridized carbons (Fsp3) is 0.